The summed E-state index contributed by atoms with van der Waals surface area (Å²) in [6.45, 7) is 8.88. The lowest BCUT2D eigenvalue weighted by molar-refractivity contribution is 0.0242. The van der Waals surface area contributed by atoms with Gasteiger partial charge >= 0.3 is 0 Å². The highest BCUT2D eigenvalue weighted by molar-refractivity contribution is 5.85. The predicted octanol–water partition coefficient (Wildman–Crippen LogP) is 4.31. The summed E-state index contributed by atoms with van der Waals surface area (Å²) in [6.07, 6.45) is 4.06. The SMILES string of the molecule is CC(C)CCO[C@H](CN1CCCC1)c1ccccc1.Cl. The normalized spacial score (nSPS) is 17.1. The number of benzene rings is 1. The molecule has 1 aliphatic rings. The first kappa shape index (κ1) is 17.5. The second-order valence-corrected chi connectivity index (χ2v) is 5.96. The molecule has 0 aliphatic carbocycles. The molecule has 0 spiro atoms. The summed E-state index contributed by atoms with van der Waals surface area (Å²) in [5, 5.41) is 0. The number of hydrogen-bond donors (Lipinski definition) is 0. The van der Waals surface area contributed by atoms with Gasteiger partial charge in [0, 0.05) is 13.2 Å². The molecule has 1 aliphatic heterocycles. The quantitative estimate of drug-likeness (QED) is 0.743. The Morgan fingerprint density at radius 1 is 1.10 bits per heavy atom. The van der Waals surface area contributed by atoms with Crippen LogP contribution in [0, 0.1) is 5.92 Å². The lowest BCUT2D eigenvalue weighted by Gasteiger charge is -2.24. The number of ether oxygens (including phenoxy) is 1. The van der Waals surface area contributed by atoms with Gasteiger partial charge in [-0.2, -0.15) is 0 Å². The lowest BCUT2D eigenvalue weighted by Crippen LogP contribution is -2.27. The van der Waals surface area contributed by atoms with Crippen LogP contribution in [-0.2, 0) is 4.74 Å². The smallest absolute Gasteiger partial charge is 0.0951 e. The number of likely N-dealkylation sites (tertiary alicyclic amines) is 1. The van der Waals surface area contributed by atoms with Crippen LogP contribution in [-0.4, -0.2) is 31.1 Å². The van der Waals surface area contributed by atoms with E-state index in [-0.39, 0.29) is 18.5 Å². The monoisotopic (exact) mass is 297 g/mol. The standard InChI is InChI=1S/C17H27NO.ClH/c1-15(2)10-13-19-17(14-18-11-6-7-12-18)16-8-4-3-5-9-16;/h3-5,8-9,15,17H,6-7,10-14H2,1-2H3;1H/t17-;/m1./s1. The zero-order valence-corrected chi connectivity index (χ0v) is 13.6. The van der Waals surface area contributed by atoms with Gasteiger partial charge in [-0.1, -0.05) is 44.2 Å². The first-order valence-corrected chi connectivity index (χ1v) is 7.64. The number of halogens is 1. The summed E-state index contributed by atoms with van der Waals surface area (Å²) < 4.78 is 6.16. The largest absolute Gasteiger partial charge is 0.372 e. The second-order valence-electron chi connectivity index (χ2n) is 5.96. The van der Waals surface area contributed by atoms with E-state index in [1.165, 1.54) is 31.5 Å². The van der Waals surface area contributed by atoms with E-state index >= 15 is 0 Å². The van der Waals surface area contributed by atoms with Gasteiger partial charge in [-0.3, -0.25) is 0 Å². The highest BCUT2D eigenvalue weighted by Crippen LogP contribution is 2.21. The Morgan fingerprint density at radius 2 is 1.75 bits per heavy atom. The topological polar surface area (TPSA) is 12.5 Å². The summed E-state index contributed by atoms with van der Waals surface area (Å²) in [4.78, 5) is 2.53. The minimum absolute atomic E-state index is 0. The average Bonchev–Trinajstić information content (AvgIpc) is 2.91. The maximum atomic E-state index is 6.16. The van der Waals surface area contributed by atoms with Crippen molar-refractivity contribution < 1.29 is 4.74 Å². The Hall–Kier alpha value is -0.570. The molecule has 2 nitrogen and oxygen atoms in total. The molecule has 1 aromatic rings. The number of rotatable bonds is 7. The summed E-state index contributed by atoms with van der Waals surface area (Å²) in [5.41, 5.74) is 1.32. The van der Waals surface area contributed by atoms with Crippen molar-refractivity contribution in [3.05, 3.63) is 35.9 Å². The van der Waals surface area contributed by atoms with E-state index in [1.54, 1.807) is 0 Å². The average molecular weight is 298 g/mol. The van der Waals surface area contributed by atoms with Crippen LogP contribution in [0.5, 0.6) is 0 Å². The maximum absolute atomic E-state index is 6.16. The van der Waals surface area contributed by atoms with Gasteiger partial charge in [0.25, 0.3) is 0 Å². The van der Waals surface area contributed by atoms with Gasteiger partial charge in [0.2, 0.25) is 0 Å². The number of nitrogens with zero attached hydrogens (tertiary/aromatic N) is 1. The van der Waals surface area contributed by atoms with E-state index in [0.717, 1.165) is 19.6 Å². The molecule has 1 atom stereocenters. The molecule has 0 N–H and O–H groups in total. The molecular weight excluding hydrogens is 270 g/mol. The lowest BCUT2D eigenvalue weighted by atomic mass is 10.1. The van der Waals surface area contributed by atoms with Crippen molar-refractivity contribution in [1.82, 2.24) is 4.90 Å². The fraction of sp³-hybridized carbons (Fsp3) is 0.647. The molecule has 0 saturated carbocycles. The third-order valence-electron chi connectivity index (χ3n) is 3.81. The first-order chi connectivity index (χ1) is 9.25. The van der Waals surface area contributed by atoms with Crippen molar-refractivity contribution >= 4 is 12.4 Å². The molecule has 0 bridgehead atoms. The Morgan fingerprint density at radius 3 is 2.35 bits per heavy atom. The summed E-state index contributed by atoms with van der Waals surface area (Å²) in [5.74, 6) is 0.711. The number of hydrogen-bond acceptors (Lipinski definition) is 2. The van der Waals surface area contributed by atoms with Crippen molar-refractivity contribution in [2.24, 2.45) is 5.92 Å². The minimum Gasteiger partial charge on any atom is -0.372 e. The van der Waals surface area contributed by atoms with Gasteiger partial charge in [-0.05, 0) is 43.8 Å². The van der Waals surface area contributed by atoms with Crippen LogP contribution >= 0.6 is 12.4 Å². The third kappa shape index (κ3) is 5.82. The van der Waals surface area contributed by atoms with Crippen LogP contribution in [0.25, 0.3) is 0 Å². The molecule has 1 aromatic carbocycles. The molecule has 0 radical (unpaired) electrons. The maximum Gasteiger partial charge on any atom is 0.0951 e. The van der Waals surface area contributed by atoms with E-state index in [1.807, 2.05) is 0 Å². The third-order valence-corrected chi connectivity index (χ3v) is 3.81. The predicted molar refractivity (Wildman–Crippen MR) is 87.5 cm³/mol. The second kappa shape index (κ2) is 9.38. The van der Waals surface area contributed by atoms with Gasteiger partial charge < -0.3 is 9.64 Å². The van der Waals surface area contributed by atoms with Crippen molar-refractivity contribution in [1.29, 1.82) is 0 Å². The van der Waals surface area contributed by atoms with Gasteiger partial charge in [0.1, 0.15) is 0 Å². The Balaban J connectivity index is 0.00000200. The van der Waals surface area contributed by atoms with Crippen molar-refractivity contribution in [2.45, 2.75) is 39.2 Å². The fourth-order valence-electron chi connectivity index (χ4n) is 2.57. The van der Waals surface area contributed by atoms with Crippen LogP contribution in [0.15, 0.2) is 30.3 Å². The van der Waals surface area contributed by atoms with Gasteiger partial charge in [0.15, 0.2) is 0 Å². The van der Waals surface area contributed by atoms with E-state index in [9.17, 15) is 0 Å². The summed E-state index contributed by atoms with van der Waals surface area (Å²) >= 11 is 0. The highest BCUT2D eigenvalue weighted by Gasteiger charge is 2.19. The molecule has 0 amide bonds. The molecule has 2 rings (SSSR count). The Labute approximate surface area is 129 Å². The zero-order chi connectivity index (χ0) is 13.5. The van der Waals surface area contributed by atoms with E-state index in [4.69, 9.17) is 4.74 Å². The first-order valence-electron chi connectivity index (χ1n) is 7.64. The molecule has 1 saturated heterocycles. The van der Waals surface area contributed by atoms with Gasteiger partial charge in [-0.15, -0.1) is 12.4 Å². The van der Waals surface area contributed by atoms with Crippen LogP contribution < -0.4 is 0 Å². The van der Waals surface area contributed by atoms with Gasteiger partial charge in [0.05, 0.1) is 6.10 Å². The zero-order valence-electron chi connectivity index (χ0n) is 12.8. The summed E-state index contributed by atoms with van der Waals surface area (Å²) in [7, 11) is 0. The molecule has 1 fully saturated rings. The summed E-state index contributed by atoms with van der Waals surface area (Å²) in [6, 6.07) is 10.7. The Kier molecular flexibility index (Phi) is 8.20. The van der Waals surface area contributed by atoms with Gasteiger partial charge in [-0.25, -0.2) is 0 Å². The van der Waals surface area contributed by atoms with E-state index < -0.39 is 0 Å². The minimum atomic E-state index is 0. The van der Waals surface area contributed by atoms with Crippen LogP contribution in [0.3, 0.4) is 0 Å². The van der Waals surface area contributed by atoms with Crippen molar-refractivity contribution in [3.63, 3.8) is 0 Å². The molecule has 114 valence electrons. The molecule has 3 heteroatoms. The fourth-order valence-corrected chi connectivity index (χ4v) is 2.57. The van der Waals surface area contributed by atoms with E-state index in [2.05, 4.69) is 49.1 Å². The highest BCUT2D eigenvalue weighted by atomic mass is 35.5. The van der Waals surface area contributed by atoms with E-state index in [0.29, 0.717) is 5.92 Å². The molecule has 20 heavy (non-hydrogen) atoms. The van der Waals surface area contributed by atoms with Crippen LogP contribution in [0.4, 0.5) is 0 Å². The molecule has 1 heterocycles. The Bertz CT molecular complexity index is 349. The molecule has 0 unspecified atom stereocenters. The van der Waals surface area contributed by atoms with Crippen LogP contribution in [0.1, 0.15) is 44.8 Å². The molecular formula is C17H28ClNO. The van der Waals surface area contributed by atoms with Crippen LogP contribution in [0.2, 0.25) is 0 Å². The van der Waals surface area contributed by atoms with Crippen molar-refractivity contribution in [2.75, 3.05) is 26.2 Å². The molecule has 0 aromatic heterocycles. The van der Waals surface area contributed by atoms with Crippen molar-refractivity contribution in [3.8, 4) is 0 Å².